The van der Waals surface area contributed by atoms with Gasteiger partial charge in [0.2, 0.25) is 0 Å². The Balaban J connectivity index is 1.33. The van der Waals surface area contributed by atoms with Gasteiger partial charge in [0.05, 0.1) is 5.56 Å². The molecule has 0 spiro atoms. The molecule has 3 aromatic rings. The van der Waals surface area contributed by atoms with Gasteiger partial charge in [-0.05, 0) is 60.9 Å². The summed E-state index contributed by atoms with van der Waals surface area (Å²) >= 11 is 0. The molecule has 4 rings (SSSR count). The van der Waals surface area contributed by atoms with Crippen LogP contribution in [0.15, 0.2) is 67.1 Å². The molecule has 1 aromatic carbocycles. The van der Waals surface area contributed by atoms with Crippen molar-refractivity contribution in [2.24, 2.45) is 0 Å². The Morgan fingerprint density at radius 2 is 1.82 bits per heavy atom. The lowest BCUT2D eigenvalue weighted by atomic mass is 10.2. The SMILES string of the molecule is O=C(NCc1cccnc1)c1ccc(Nc2ccc(N3CCCC3)cc2)nc1. The first-order valence-electron chi connectivity index (χ1n) is 9.53. The second-order valence-corrected chi connectivity index (χ2v) is 6.84. The summed E-state index contributed by atoms with van der Waals surface area (Å²) in [7, 11) is 0. The van der Waals surface area contributed by atoms with E-state index in [4.69, 9.17) is 0 Å². The third-order valence-corrected chi connectivity index (χ3v) is 4.81. The quantitative estimate of drug-likeness (QED) is 0.689. The zero-order valence-corrected chi connectivity index (χ0v) is 15.6. The maximum Gasteiger partial charge on any atom is 0.253 e. The number of pyridine rings is 2. The van der Waals surface area contributed by atoms with E-state index in [0.29, 0.717) is 17.9 Å². The van der Waals surface area contributed by atoms with E-state index in [1.807, 2.05) is 18.2 Å². The molecule has 0 atom stereocenters. The van der Waals surface area contributed by atoms with E-state index < -0.39 is 0 Å². The van der Waals surface area contributed by atoms with E-state index >= 15 is 0 Å². The van der Waals surface area contributed by atoms with Gasteiger partial charge in [0, 0.05) is 49.6 Å². The molecule has 142 valence electrons. The van der Waals surface area contributed by atoms with Gasteiger partial charge in [-0.2, -0.15) is 0 Å². The van der Waals surface area contributed by atoms with Crippen LogP contribution in [-0.2, 0) is 6.54 Å². The number of carbonyl (C=O) groups excluding carboxylic acids is 1. The minimum Gasteiger partial charge on any atom is -0.372 e. The normalized spacial score (nSPS) is 13.4. The van der Waals surface area contributed by atoms with Crippen LogP contribution in [0.2, 0.25) is 0 Å². The standard InChI is InChI=1S/C22H23N5O/c28-22(25-15-17-4-3-11-23-14-17)18-5-10-21(24-16-18)26-19-6-8-20(9-7-19)27-12-1-2-13-27/h3-11,14,16H,1-2,12-13,15H2,(H,24,26)(H,25,28). The number of rotatable bonds is 6. The molecule has 0 saturated carbocycles. The summed E-state index contributed by atoms with van der Waals surface area (Å²) in [5, 5.41) is 6.15. The molecule has 1 amide bonds. The van der Waals surface area contributed by atoms with E-state index in [0.717, 1.165) is 24.3 Å². The first-order chi connectivity index (χ1) is 13.8. The molecule has 1 fully saturated rings. The van der Waals surface area contributed by atoms with Crippen molar-refractivity contribution >= 4 is 23.1 Å². The Bertz CT molecular complexity index is 904. The third kappa shape index (κ3) is 4.46. The molecule has 0 bridgehead atoms. The highest BCUT2D eigenvalue weighted by atomic mass is 16.1. The van der Waals surface area contributed by atoms with Crippen molar-refractivity contribution in [1.82, 2.24) is 15.3 Å². The molecule has 28 heavy (non-hydrogen) atoms. The molecule has 1 aliphatic heterocycles. The molecular weight excluding hydrogens is 350 g/mol. The lowest BCUT2D eigenvalue weighted by Gasteiger charge is -2.17. The minimum absolute atomic E-state index is 0.155. The van der Waals surface area contributed by atoms with Crippen molar-refractivity contribution < 1.29 is 4.79 Å². The van der Waals surface area contributed by atoms with E-state index in [-0.39, 0.29) is 5.91 Å². The smallest absolute Gasteiger partial charge is 0.253 e. The number of hydrogen-bond acceptors (Lipinski definition) is 5. The Morgan fingerprint density at radius 3 is 2.50 bits per heavy atom. The summed E-state index contributed by atoms with van der Waals surface area (Å²) in [6, 6.07) is 15.7. The summed E-state index contributed by atoms with van der Waals surface area (Å²) in [4.78, 5) is 23.1. The van der Waals surface area contributed by atoms with Gasteiger partial charge >= 0.3 is 0 Å². The molecule has 3 heterocycles. The van der Waals surface area contributed by atoms with Crippen molar-refractivity contribution in [3.05, 3.63) is 78.2 Å². The maximum atomic E-state index is 12.3. The van der Waals surface area contributed by atoms with Gasteiger partial charge in [-0.1, -0.05) is 6.07 Å². The second-order valence-electron chi connectivity index (χ2n) is 6.84. The van der Waals surface area contributed by atoms with Gasteiger partial charge in [0.25, 0.3) is 5.91 Å². The van der Waals surface area contributed by atoms with Gasteiger partial charge < -0.3 is 15.5 Å². The van der Waals surface area contributed by atoms with Crippen LogP contribution in [-0.4, -0.2) is 29.0 Å². The summed E-state index contributed by atoms with van der Waals surface area (Å²) < 4.78 is 0. The van der Waals surface area contributed by atoms with Gasteiger partial charge in [0.15, 0.2) is 0 Å². The highest BCUT2D eigenvalue weighted by Gasteiger charge is 2.12. The Hall–Kier alpha value is -3.41. The fourth-order valence-corrected chi connectivity index (χ4v) is 3.27. The van der Waals surface area contributed by atoms with Crippen LogP contribution in [0.4, 0.5) is 17.2 Å². The van der Waals surface area contributed by atoms with Crippen LogP contribution < -0.4 is 15.5 Å². The molecule has 6 heteroatoms. The van der Waals surface area contributed by atoms with Crippen LogP contribution in [0.25, 0.3) is 0 Å². The van der Waals surface area contributed by atoms with Crippen molar-refractivity contribution in [3.8, 4) is 0 Å². The molecule has 1 aliphatic rings. The van der Waals surface area contributed by atoms with Crippen LogP contribution in [0.1, 0.15) is 28.8 Å². The van der Waals surface area contributed by atoms with Crippen molar-refractivity contribution in [1.29, 1.82) is 0 Å². The summed E-state index contributed by atoms with van der Waals surface area (Å²) in [5.74, 6) is 0.551. The van der Waals surface area contributed by atoms with Crippen molar-refractivity contribution in [2.45, 2.75) is 19.4 Å². The van der Waals surface area contributed by atoms with Crippen LogP contribution >= 0.6 is 0 Å². The molecule has 6 nitrogen and oxygen atoms in total. The highest BCUT2D eigenvalue weighted by Crippen LogP contribution is 2.23. The lowest BCUT2D eigenvalue weighted by molar-refractivity contribution is 0.0950. The van der Waals surface area contributed by atoms with Crippen molar-refractivity contribution in [3.63, 3.8) is 0 Å². The van der Waals surface area contributed by atoms with E-state index in [1.54, 1.807) is 24.7 Å². The summed E-state index contributed by atoms with van der Waals surface area (Å²) in [5.41, 5.74) is 3.72. The third-order valence-electron chi connectivity index (χ3n) is 4.81. The van der Waals surface area contributed by atoms with Gasteiger partial charge in [-0.3, -0.25) is 9.78 Å². The number of hydrogen-bond donors (Lipinski definition) is 2. The molecule has 0 unspecified atom stereocenters. The summed E-state index contributed by atoms with van der Waals surface area (Å²) in [6.07, 6.45) is 7.57. The summed E-state index contributed by atoms with van der Waals surface area (Å²) in [6.45, 7) is 2.72. The Labute approximate surface area is 164 Å². The lowest BCUT2D eigenvalue weighted by Crippen LogP contribution is -2.22. The van der Waals surface area contributed by atoms with Gasteiger partial charge in [-0.25, -0.2) is 4.98 Å². The molecule has 2 N–H and O–H groups in total. The Kier molecular flexibility index (Phi) is 5.47. The number of aromatic nitrogens is 2. The Morgan fingerprint density at radius 1 is 1.00 bits per heavy atom. The topological polar surface area (TPSA) is 70.2 Å². The van der Waals surface area contributed by atoms with E-state index in [9.17, 15) is 4.79 Å². The minimum atomic E-state index is -0.155. The van der Waals surface area contributed by atoms with Crippen LogP contribution in [0.3, 0.4) is 0 Å². The number of nitrogens with zero attached hydrogens (tertiary/aromatic N) is 3. The monoisotopic (exact) mass is 373 g/mol. The van der Waals surface area contributed by atoms with Gasteiger partial charge in [0.1, 0.15) is 5.82 Å². The molecule has 1 saturated heterocycles. The number of anilines is 3. The fraction of sp³-hybridized carbons (Fsp3) is 0.227. The number of carbonyl (C=O) groups is 1. The highest BCUT2D eigenvalue weighted by molar-refractivity contribution is 5.94. The van der Waals surface area contributed by atoms with Crippen LogP contribution in [0, 0.1) is 0 Å². The zero-order valence-electron chi connectivity index (χ0n) is 15.6. The first-order valence-corrected chi connectivity index (χ1v) is 9.53. The number of nitrogens with one attached hydrogen (secondary N) is 2. The second kappa shape index (κ2) is 8.52. The fourth-order valence-electron chi connectivity index (χ4n) is 3.27. The van der Waals surface area contributed by atoms with Gasteiger partial charge in [-0.15, -0.1) is 0 Å². The van der Waals surface area contributed by atoms with E-state index in [2.05, 4.69) is 49.8 Å². The molecule has 2 aromatic heterocycles. The van der Waals surface area contributed by atoms with Crippen LogP contribution in [0.5, 0.6) is 0 Å². The molecule has 0 radical (unpaired) electrons. The predicted molar refractivity (Wildman–Crippen MR) is 111 cm³/mol. The molecule has 0 aliphatic carbocycles. The van der Waals surface area contributed by atoms with Crippen molar-refractivity contribution in [2.75, 3.05) is 23.3 Å². The average Bonchev–Trinajstić information content (AvgIpc) is 3.29. The maximum absolute atomic E-state index is 12.3. The predicted octanol–water partition coefficient (Wildman–Crippen LogP) is 3.75. The first kappa shape index (κ1) is 18.0. The molecular formula is C22H23N5O. The van der Waals surface area contributed by atoms with E-state index in [1.165, 1.54) is 18.5 Å². The number of benzene rings is 1. The number of amides is 1. The average molecular weight is 373 g/mol. The zero-order chi connectivity index (χ0) is 19.2. The largest absolute Gasteiger partial charge is 0.372 e.